The van der Waals surface area contributed by atoms with Crippen molar-refractivity contribution < 1.29 is 14.3 Å². The van der Waals surface area contributed by atoms with Gasteiger partial charge in [-0.25, -0.2) is 4.79 Å². The molecule has 1 aromatic rings. The van der Waals surface area contributed by atoms with Crippen LogP contribution in [0.4, 0.5) is 4.79 Å². The summed E-state index contributed by atoms with van der Waals surface area (Å²) < 4.78 is 5.11. The summed E-state index contributed by atoms with van der Waals surface area (Å²) in [5, 5.41) is 2.58. The SMILES string of the molecule is CC(C)(C)OC(=O)NCC#Cc1ccc2c(c1)CCC2=O. The van der Waals surface area contributed by atoms with E-state index in [1.807, 2.05) is 39.0 Å². The molecule has 2 rings (SSSR count). The number of ketones is 1. The maximum Gasteiger partial charge on any atom is 0.408 e. The molecule has 4 nitrogen and oxygen atoms in total. The number of aryl methyl sites for hydroxylation is 1. The van der Waals surface area contributed by atoms with Gasteiger partial charge in [0.15, 0.2) is 5.78 Å². The molecular weight excluding hydrogens is 266 g/mol. The molecule has 0 spiro atoms. The minimum absolute atomic E-state index is 0.205. The van der Waals surface area contributed by atoms with Crippen LogP contribution in [0.25, 0.3) is 0 Å². The summed E-state index contributed by atoms with van der Waals surface area (Å²) in [5.41, 5.74) is 2.22. The van der Waals surface area contributed by atoms with Crippen molar-refractivity contribution in [2.75, 3.05) is 6.54 Å². The summed E-state index contributed by atoms with van der Waals surface area (Å²) in [6.45, 7) is 5.66. The summed E-state index contributed by atoms with van der Waals surface area (Å²) in [6, 6.07) is 5.61. The molecule has 0 fully saturated rings. The van der Waals surface area contributed by atoms with Gasteiger partial charge in [-0.1, -0.05) is 11.8 Å². The summed E-state index contributed by atoms with van der Waals surface area (Å²) in [5.74, 6) is 6.05. The zero-order chi connectivity index (χ0) is 15.5. The Labute approximate surface area is 124 Å². The van der Waals surface area contributed by atoms with E-state index >= 15 is 0 Å². The Kier molecular flexibility index (Phi) is 4.32. The summed E-state index contributed by atoms with van der Waals surface area (Å²) >= 11 is 0. The predicted octanol–water partition coefficient (Wildman–Crippen LogP) is 2.69. The van der Waals surface area contributed by atoms with Gasteiger partial charge in [0, 0.05) is 17.5 Å². The van der Waals surface area contributed by atoms with E-state index in [4.69, 9.17) is 4.74 Å². The number of amides is 1. The zero-order valence-corrected chi connectivity index (χ0v) is 12.6. The molecule has 1 N–H and O–H groups in total. The number of carbonyl (C=O) groups excluding carboxylic acids is 2. The highest BCUT2D eigenvalue weighted by Crippen LogP contribution is 2.22. The molecule has 1 aliphatic rings. The maximum absolute atomic E-state index is 11.5. The van der Waals surface area contributed by atoms with Crippen LogP contribution in [-0.4, -0.2) is 24.0 Å². The van der Waals surface area contributed by atoms with E-state index in [0.717, 1.165) is 23.1 Å². The second-order valence-electron chi connectivity index (χ2n) is 5.95. The zero-order valence-electron chi connectivity index (χ0n) is 12.6. The molecule has 0 bridgehead atoms. The number of fused-ring (bicyclic) bond motifs is 1. The van der Waals surface area contributed by atoms with Crippen molar-refractivity contribution >= 4 is 11.9 Å². The molecule has 0 saturated carbocycles. The Balaban J connectivity index is 1.89. The van der Waals surface area contributed by atoms with E-state index in [0.29, 0.717) is 6.42 Å². The molecule has 0 atom stereocenters. The summed E-state index contributed by atoms with van der Waals surface area (Å²) in [7, 11) is 0. The fourth-order valence-corrected chi connectivity index (χ4v) is 2.11. The second-order valence-corrected chi connectivity index (χ2v) is 5.95. The quantitative estimate of drug-likeness (QED) is 0.807. The van der Waals surface area contributed by atoms with Crippen molar-refractivity contribution in [2.45, 2.75) is 39.2 Å². The van der Waals surface area contributed by atoms with Crippen molar-refractivity contribution in [1.29, 1.82) is 0 Å². The molecule has 110 valence electrons. The molecule has 4 heteroatoms. The molecule has 0 saturated heterocycles. The third-order valence-electron chi connectivity index (χ3n) is 2.98. The van der Waals surface area contributed by atoms with Crippen molar-refractivity contribution in [3.05, 3.63) is 34.9 Å². The number of ether oxygens (including phenoxy) is 1. The molecular formula is C17H19NO3. The van der Waals surface area contributed by atoms with Crippen molar-refractivity contribution in [3.63, 3.8) is 0 Å². The number of benzene rings is 1. The van der Waals surface area contributed by atoms with Gasteiger partial charge in [-0.3, -0.25) is 4.79 Å². The van der Waals surface area contributed by atoms with E-state index in [-0.39, 0.29) is 12.3 Å². The van der Waals surface area contributed by atoms with Crippen LogP contribution < -0.4 is 5.32 Å². The first-order chi connectivity index (χ1) is 9.85. The smallest absolute Gasteiger partial charge is 0.408 e. The Morgan fingerprint density at radius 1 is 1.33 bits per heavy atom. The number of nitrogens with one attached hydrogen (secondary N) is 1. The van der Waals surface area contributed by atoms with Gasteiger partial charge in [0.25, 0.3) is 0 Å². The van der Waals surface area contributed by atoms with E-state index < -0.39 is 11.7 Å². The van der Waals surface area contributed by atoms with E-state index in [1.54, 1.807) is 0 Å². The third kappa shape index (κ3) is 4.35. The second kappa shape index (κ2) is 6.01. The van der Waals surface area contributed by atoms with Gasteiger partial charge in [0.2, 0.25) is 0 Å². The number of hydrogen-bond acceptors (Lipinski definition) is 3. The molecule has 0 aromatic heterocycles. The Morgan fingerprint density at radius 3 is 2.81 bits per heavy atom. The highest BCUT2D eigenvalue weighted by atomic mass is 16.6. The number of rotatable bonds is 1. The number of Topliss-reactive ketones (excluding diaryl/α,β-unsaturated/α-hetero) is 1. The fourth-order valence-electron chi connectivity index (χ4n) is 2.11. The van der Waals surface area contributed by atoms with Crippen molar-refractivity contribution in [1.82, 2.24) is 5.32 Å². The lowest BCUT2D eigenvalue weighted by Crippen LogP contribution is -2.32. The third-order valence-corrected chi connectivity index (χ3v) is 2.98. The van der Waals surface area contributed by atoms with Gasteiger partial charge in [0.1, 0.15) is 5.60 Å². The first-order valence-corrected chi connectivity index (χ1v) is 6.97. The monoisotopic (exact) mass is 285 g/mol. The average Bonchev–Trinajstić information content (AvgIpc) is 2.74. The van der Waals surface area contributed by atoms with Crippen LogP contribution in [0, 0.1) is 11.8 Å². The maximum atomic E-state index is 11.5. The van der Waals surface area contributed by atoms with Crippen LogP contribution >= 0.6 is 0 Å². The lowest BCUT2D eigenvalue weighted by Gasteiger charge is -2.18. The van der Waals surface area contributed by atoms with E-state index in [1.165, 1.54) is 0 Å². The first-order valence-electron chi connectivity index (χ1n) is 6.97. The number of alkyl carbamates (subject to hydrolysis) is 1. The Morgan fingerprint density at radius 2 is 2.10 bits per heavy atom. The molecule has 1 amide bonds. The summed E-state index contributed by atoms with van der Waals surface area (Å²) in [6.07, 6.45) is 0.906. The molecule has 1 aromatic carbocycles. The van der Waals surface area contributed by atoms with Crippen LogP contribution in [0.3, 0.4) is 0 Å². The van der Waals surface area contributed by atoms with Crippen molar-refractivity contribution in [2.24, 2.45) is 0 Å². The number of carbonyl (C=O) groups is 2. The van der Waals surface area contributed by atoms with Crippen LogP contribution in [-0.2, 0) is 11.2 Å². The topological polar surface area (TPSA) is 55.4 Å². The number of hydrogen-bond donors (Lipinski definition) is 1. The van der Waals surface area contributed by atoms with E-state index in [9.17, 15) is 9.59 Å². The van der Waals surface area contributed by atoms with E-state index in [2.05, 4.69) is 17.2 Å². The summed E-state index contributed by atoms with van der Waals surface area (Å²) in [4.78, 5) is 22.9. The fraction of sp³-hybridized carbons (Fsp3) is 0.412. The minimum Gasteiger partial charge on any atom is -0.444 e. The lowest BCUT2D eigenvalue weighted by atomic mass is 10.1. The minimum atomic E-state index is -0.510. The molecule has 0 radical (unpaired) electrons. The molecule has 1 aliphatic carbocycles. The Bertz CT molecular complexity index is 630. The first kappa shape index (κ1) is 15.1. The van der Waals surface area contributed by atoms with Gasteiger partial charge in [-0.15, -0.1) is 0 Å². The van der Waals surface area contributed by atoms with Crippen LogP contribution in [0.1, 0.15) is 48.7 Å². The molecule has 21 heavy (non-hydrogen) atoms. The highest BCUT2D eigenvalue weighted by molar-refractivity contribution is 6.00. The standard InChI is InChI=1S/C17H19NO3/c1-17(2,3)21-16(20)18-10-4-5-12-6-8-14-13(11-12)7-9-15(14)19/h6,8,11H,7,9-10H2,1-3H3,(H,18,20). The van der Waals surface area contributed by atoms with Crippen LogP contribution in [0.15, 0.2) is 18.2 Å². The lowest BCUT2D eigenvalue weighted by molar-refractivity contribution is 0.0535. The average molecular weight is 285 g/mol. The van der Waals surface area contributed by atoms with Gasteiger partial charge in [0.05, 0.1) is 6.54 Å². The van der Waals surface area contributed by atoms with Gasteiger partial charge < -0.3 is 10.1 Å². The highest BCUT2D eigenvalue weighted by Gasteiger charge is 2.18. The van der Waals surface area contributed by atoms with Gasteiger partial charge >= 0.3 is 6.09 Å². The normalized spacial score (nSPS) is 13.2. The molecule has 0 aliphatic heterocycles. The molecule has 0 unspecified atom stereocenters. The largest absolute Gasteiger partial charge is 0.444 e. The molecule has 0 heterocycles. The van der Waals surface area contributed by atoms with Gasteiger partial charge in [-0.05, 0) is 51.0 Å². The Hall–Kier alpha value is -2.28. The van der Waals surface area contributed by atoms with Crippen molar-refractivity contribution in [3.8, 4) is 11.8 Å². The van der Waals surface area contributed by atoms with Crippen LogP contribution in [0.5, 0.6) is 0 Å². The predicted molar refractivity (Wildman–Crippen MR) is 80.2 cm³/mol. The van der Waals surface area contributed by atoms with Crippen LogP contribution in [0.2, 0.25) is 0 Å². The van der Waals surface area contributed by atoms with Gasteiger partial charge in [-0.2, -0.15) is 0 Å².